The van der Waals surface area contributed by atoms with E-state index in [2.05, 4.69) is 20.4 Å². The molecule has 0 spiro atoms. The van der Waals surface area contributed by atoms with Crippen LogP contribution in [0.2, 0.25) is 0 Å². The number of hydrazone groups is 1. The van der Waals surface area contributed by atoms with Crippen LogP contribution in [-0.4, -0.2) is 65.7 Å². The lowest BCUT2D eigenvalue weighted by Gasteiger charge is -2.25. The number of hydrogen-bond donors (Lipinski definition) is 1. The van der Waals surface area contributed by atoms with E-state index < -0.39 is 0 Å². The molecule has 0 aromatic carbocycles. The SMILES string of the molecule is CN(Cc1csc(CN2CCOCC2)n1)C(=O)C1=NNC(=O)CC1. The number of morpholine rings is 1. The molecule has 0 unspecified atom stereocenters. The second-order valence-electron chi connectivity index (χ2n) is 5.88. The first-order chi connectivity index (χ1) is 11.6. The molecule has 0 atom stereocenters. The Morgan fingerprint density at radius 1 is 1.42 bits per heavy atom. The van der Waals surface area contributed by atoms with E-state index in [-0.39, 0.29) is 11.8 Å². The van der Waals surface area contributed by atoms with Gasteiger partial charge in [0.15, 0.2) is 0 Å². The normalized spacial score (nSPS) is 18.9. The third-order valence-corrected chi connectivity index (χ3v) is 4.84. The summed E-state index contributed by atoms with van der Waals surface area (Å²) < 4.78 is 5.35. The van der Waals surface area contributed by atoms with Crippen molar-refractivity contribution in [3.8, 4) is 0 Å². The van der Waals surface area contributed by atoms with Crippen molar-refractivity contribution < 1.29 is 14.3 Å². The zero-order valence-corrected chi connectivity index (χ0v) is 14.5. The van der Waals surface area contributed by atoms with E-state index in [4.69, 9.17) is 4.74 Å². The maximum absolute atomic E-state index is 12.3. The molecule has 24 heavy (non-hydrogen) atoms. The van der Waals surface area contributed by atoms with E-state index in [1.165, 1.54) is 0 Å². The van der Waals surface area contributed by atoms with Gasteiger partial charge < -0.3 is 9.64 Å². The van der Waals surface area contributed by atoms with Crippen LogP contribution in [0.15, 0.2) is 10.5 Å². The number of hydrogen-bond acceptors (Lipinski definition) is 7. The number of carbonyl (C=O) groups is 2. The van der Waals surface area contributed by atoms with Crippen molar-refractivity contribution in [2.45, 2.75) is 25.9 Å². The van der Waals surface area contributed by atoms with Gasteiger partial charge in [0.25, 0.3) is 5.91 Å². The molecule has 3 heterocycles. The maximum atomic E-state index is 12.3. The highest BCUT2D eigenvalue weighted by atomic mass is 32.1. The van der Waals surface area contributed by atoms with Gasteiger partial charge in [0.05, 0.1) is 32.0 Å². The second kappa shape index (κ2) is 7.82. The molecular weight excluding hydrogens is 330 g/mol. The fraction of sp³-hybridized carbons (Fsp3) is 0.600. The lowest BCUT2D eigenvalue weighted by molar-refractivity contribution is -0.124. The molecule has 2 aliphatic rings. The van der Waals surface area contributed by atoms with Gasteiger partial charge in [-0.1, -0.05) is 0 Å². The minimum atomic E-state index is -0.169. The van der Waals surface area contributed by atoms with E-state index in [0.29, 0.717) is 25.1 Å². The van der Waals surface area contributed by atoms with Gasteiger partial charge in [-0.15, -0.1) is 11.3 Å². The molecule has 1 saturated heterocycles. The monoisotopic (exact) mass is 351 g/mol. The van der Waals surface area contributed by atoms with Crippen molar-refractivity contribution in [1.29, 1.82) is 0 Å². The number of aromatic nitrogens is 1. The Balaban J connectivity index is 1.53. The van der Waals surface area contributed by atoms with Crippen LogP contribution in [0.4, 0.5) is 0 Å². The van der Waals surface area contributed by atoms with Crippen LogP contribution >= 0.6 is 11.3 Å². The highest BCUT2D eigenvalue weighted by Crippen LogP contribution is 2.15. The fourth-order valence-electron chi connectivity index (χ4n) is 2.61. The zero-order valence-electron chi connectivity index (χ0n) is 13.7. The van der Waals surface area contributed by atoms with Gasteiger partial charge in [-0.25, -0.2) is 10.4 Å². The second-order valence-corrected chi connectivity index (χ2v) is 6.82. The molecule has 0 aliphatic carbocycles. The first kappa shape index (κ1) is 17.0. The van der Waals surface area contributed by atoms with Gasteiger partial charge in [0, 0.05) is 38.4 Å². The maximum Gasteiger partial charge on any atom is 0.270 e. The molecule has 0 radical (unpaired) electrons. The van der Waals surface area contributed by atoms with Crippen LogP contribution in [0.1, 0.15) is 23.5 Å². The summed E-state index contributed by atoms with van der Waals surface area (Å²) >= 11 is 1.61. The Morgan fingerprint density at radius 3 is 2.92 bits per heavy atom. The van der Waals surface area contributed by atoms with Crippen molar-refractivity contribution in [2.75, 3.05) is 33.4 Å². The largest absolute Gasteiger partial charge is 0.379 e. The number of nitrogens with one attached hydrogen (secondary N) is 1. The Hall–Kier alpha value is -1.84. The van der Waals surface area contributed by atoms with Gasteiger partial charge in [0.2, 0.25) is 5.91 Å². The van der Waals surface area contributed by atoms with Crippen LogP contribution in [0, 0.1) is 0 Å². The number of rotatable bonds is 5. The number of ether oxygens (including phenoxy) is 1. The molecule has 2 aliphatic heterocycles. The van der Waals surface area contributed by atoms with E-state index in [0.717, 1.165) is 43.5 Å². The van der Waals surface area contributed by atoms with Gasteiger partial charge in [-0.2, -0.15) is 5.10 Å². The average Bonchev–Trinajstić information content (AvgIpc) is 3.02. The van der Waals surface area contributed by atoms with E-state index in [1.54, 1.807) is 23.3 Å². The predicted octanol–water partition coefficient (Wildman–Crippen LogP) is 0.200. The van der Waals surface area contributed by atoms with Crippen LogP contribution in [0.25, 0.3) is 0 Å². The molecule has 8 nitrogen and oxygen atoms in total. The van der Waals surface area contributed by atoms with Crippen LogP contribution < -0.4 is 5.43 Å². The number of thiazole rings is 1. The summed E-state index contributed by atoms with van der Waals surface area (Å²) in [5, 5.41) is 6.89. The average molecular weight is 351 g/mol. The number of carbonyl (C=O) groups excluding carboxylic acids is 2. The Morgan fingerprint density at radius 2 is 2.21 bits per heavy atom. The molecule has 9 heteroatoms. The standard InChI is InChI=1S/C15H21N5O3S/c1-19(15(22)12-2-3-13(21)18-17-12)8-11-10-24-14(16-11)9-20-4-6-23-7-5-20/h10H,2-9H2,1H3,(H,18,21). The van der Waals surface area contributed by atoms with Crippen LogP contribution in [-0.2, 0) is 27.4 Å². The minimum Gasteiger partial charge on any atom is -0.379 e. The Kier molecular flexibility index (Phi) is 5.54. The van der Waals surface area contributed by atoms with E-state index in [9.17, 15) is 9.59 Å². The van der Waals surface area contributed by atoms with Gasteiger partial charge >= 0.3 is 0 Å². The number of amides is 2. The molecule has 1 aromatic heterocycles. The van der Waals surface area contributed by atoms with E-state index in [1.807, 2.05) is 5.38 Å². The summed E-state index contributed by atoms with van der Waals surface area (Å²) in [6, 6.07) is 0. The van der Waals surface area contributed by atoms with Crippen LogP contribution in [0.3, 0.4) is 0 Å². The lowest BCUT2D eigenvalue weighted by Crippen LogP contribution is -2.37. The summed E-state index contributed by atoms with van der Waals surface area (Å²) in [4.78, 5) is 31.9. The molecular formula is C15H21N5O3S. The molecule has 130 valence electrons. The molecule has 2 amide bonds. The molecule has 0 bridgehead atoms. The summed E-state index contributed by atoms with van der Waals surface area (Å²) in [5.41, 5.74) is 3.62. The highest BCUT2D eigenvalue weighted by Gasteiger charge is 2.22. The molecule has 0 saturated carbocycles. The molecule has 1 aromatic rings. The van der Waals surface area contributed by atoms with Crippen molar-refractivity contribution in [2.24, 2.45) is 5.10 Å². The summed E-state index contributed by atoms with van der Waals surface area (Å²) in [6.45, 7) is 4.66. The van der Waals surface area contributed by atoms with Crippen molar-refractivity contribution >= 4 is 28.9 Å². The first-order valence-corrected chi connectivity index (χ1v) is 8.84. The van der Waals surface area contributed by atoms with Gasteiger partial charge in [-0.05, 0) is 0 Å². The summed E-state index contributed by atoms with van der Waals surface area (Å²) in [7, 11) is 1.72. The molecule has 1 N–H and O–H groups in total. The smallest absolute Gasteiger partial charge is 0.270 e. The molecule has 3 rings (SSSR count). The van der Waals surface area contributed by atoms with Crippen molar-refractivity contribution in [3.63, 3.8) is 0 Å². The summed E-state index contributed by atoms with van der Waals surface area (Å²) in [5.74, 6) is -0.320. The third-order valence-electron chi connectivity index (χ3n) is 3.96. The lowest BCUT2D eigenvalue weighted by atomic mass is 10.1. The van der Waals surface area contributed by atoms with Crippen molar-refractivity contribution in [1.82, 2.24) is 20.2 Å². The molecule has 1 fully saturated rings. The van der Waals surface area contributed by atoms with E-state index >= 15 is 0 Å². The third kappa shape index (κ3) is 4.37. The predicted molar refractivity (Wildman–Crippen MR) is 89.5 cm³/mol. The van der Waals surface area contributed by atoms with Crippen molar-refractivity contribution in [3.05, 3.63) is 16.1 Å². The Bertz CT molecular complexity index is 639. The quantitative estimate of drug-likeness (QED) is 0.819. The summed E-state index contributed by atoms with van der Waals surface area (Å²) in [6.07, 6.45) is 0.688. The minimum absolute atomic E-state index is 0.151. The van der Waals surface area contributed by atoms with Crippen LogP contribution in [0.5, 0.6) is 0 Å². The van der Waals surface area contributed by atoms with Gasteiger partial charge in [0.1, 0.15) is 10.7 Å². The Labute approximate surface area is 144 Å². The first-order valence-electron chi connectivity index (χ1n) is 7.96. The van der Waals surface area contributed by atoms with Gasteiger partial charge in [-0.3, -0.25) is 14.5 Å². The highest BCUT2D eigenvalue weighted by molar-refractivity contribution is 7.09. The number of nitrogens with zero attached hydrogens (tertiary/aromatic N) is 4. The fourth-order valence-corrected chi connectivity index (χ4v) is 3.43. The zero-order chi connectivity index (χ0) is 16.9. The topological polar surface area (TPSA) is 87.1 Å².